The zero-order valence-electron chi connectivity index (χ0n) is 14.0. The van der Waals surface area contributed by atoms with Crippen LogP contribution < -0.4 is 4.74 Å². The van der Waals surface area contributed by atoms with Gasteiger partial charge in [-0.15, -0.1) is 0 Å². The highest BCUT2D eigenvalue weighted by atomic mass is 32.2. The van der Waals surface area contributed by atoms with Gasteiger partial charge in [-0.05, 0) is 35.4 Å². The Kier molecular flexibility index (Phi) is 4.44. The largest absolute Gasteiger partial charge is 0.486 e. The number of hydrogen-bond acceptors (Lipinski definition) is 4. The molecule has 1 aliphatic rings. The highest BCUT2D eigenvalue weighted by molar-refractivity contribution is 7.89. The molecule has 0 unspecified atom stereocenters. The Labute approximate surface area is 152 Å². The van der Waals surface area contributed by atoms with Gasteiger partial charge in [0.1, 0.15) is 11.9 Å². The molecule has 1 aromatic heterocycles. The molecule has 2 aromatic carbocycles. The van der Waals surface area contributed by atoms with Gasteiger partial charge in [0.2, 0.25) is 10.0 Å². The van der Waals surface area contributed by atoms with Crippen molar-refractivity contribution in [3.63, 3.8) is 0 Å². The van der Waals surface area contributed by atoms with E-state index < -0.39 is 10.0 Å². The molecule has 3 aromatic rings. The van der Waals surface area contributed by atoms with Crippen molar-refractivity contribution in [2.24, 2.45) is 0 Å². The number of rotatable bonds is 5. The van der Waals surface area contributed by atoms with Crippen molar-refractivity contribution < 1.29 is 13.2 Å². The van der Waals surface area contributed by atoms with Crippen LogP contribution in [0.5, 0.6) is 5.75 Å². The van der Waals surface area contributed by atoms with Crippen molar-refractivity contribution in [1.82, 2.24) is 9.29 Å². The Morgan fingerprint density at radius 1 is 0.885 bits per heavy atom. The predicted molar refractivity (Wildman–Crippen MR) is 99.3 cm³/mol. The van der Waals surface area contributed by atoms with Crippen LogP contribution in [-0.2, 0) is 10.0 Å². The number of hydrogen-bond donors (Lipinski definition) is 0. The van der Waals surface area contributed by atoms with E-state index in [4.69, 9.17) is 4.74 Å². The second-order valence-corrected chi connectivity index (χ2v) is 8.08. The molecule has 0 N–H and O–H groups in total. The van der Waals surface area contributed by atoms with Gasteiger partial charge in [-0.1, -0.05) is 42.5 Å². The maximum atomic E-state index is 12.7. The minimum Gasteiger partial charge on any atom is -0.486 e. The molecule has 0 spiro atoms. The first-order valence-electron chi connectivity index (χ1n) is 8.35. The molecule has 1 aliphatic heterocycles. The summed E-state index contributed by atoms with van der Waals surface area (Å²) in [5, 5.41) is 0. The van der Waals surface area contributed by atoms with Crippen LogP contribution in [0.15, 0.2) is 84.0 Å². The van der Waals surface area contributed by atoms with Gasteiger partial charge in [-0.25, -0.2) is 8.42 Å². The lowest BCUT2D eigenvalue weighted by molar-refractivity contribution is 0.0759. The quantitative estimate of drug-likeness (QED) is 0.696. The van der Waals surface area contributed by atoms with Crippen LogP contribution in [0.2, 0.25) is 0 Å². The number of nitrogens with zero attached hydrogens (tertiary/aromatic N) is 2. The van der Waals surface area contributed by atoms with Crippen LogP contribution in [0.25, 0.3) is 11.1 Å². The Balaban J connectivity index is 1.43. The molecule has 0 bridgehead atoms. The molecule has 0 atom stereocenters. The van der Waals surface area contributed by atoms with E-state index in [1.807, 2.05) is 48.5 Å². The van der Waals surface area contributed by atoms with Crippen LogP contribution >= 0.6 is 0 Å². The second kappa shape index (κ2) is 6.90. The fourth-order valence-electron chi connectivity index (χ4n) is 2.88. The molecule has 0 saturated carbocycles. The van der Waals surface area contributed by atoms with E-state index in [-0.39, 0.29) is 6.10 Å². The molecule has 132 valence electrons. The number of sulfonamides is 1. The lowest BCUT2D eigenvalue weighted by Gasteiger charge is -2.37. The third kappa shape index (κ3) is 3.34. The molecule has 0 amide bonds. The molecule has 4 rings (SSSR count). The van der Waals surface area contributed by atoms with Crippen LogP contribution in [0.3, 0.4) is 0 Å². The van der Waals surface area contributed by atoms with Crippen molar-refractivity contribution in [3.8, 4) is 16.9 Å². The summed E-state index contributed by atoms with van der Waals surface area (Å²) >= 11 is 0. The lowest BCUT2D eigenvalue weighted by Crippen LogP contribution is -2.55. The number of aromatic nitrogens is 1. The van der Waals surface area contributed by atoms with Crippen LogP contribution in [0.1, 0.15) is 0 Å². The highest BCUT2D eigenvalue weighted by Crippen LogP contribution is 2.26. The number of ether oxygens (including phenoxy) is 1. The normalized spacial score (nSPS) is 15.4. The zero-order chi connectivity index (χ0) is 18.0. The molecule has 1 fully saturated rings. The van der Waals surface area contributed by atoms with Gasteiger partial charge in [-0.2, -0.15) is 4.31 Å². The van der Waals surface area contributed by atoms with E-state index in [2.05, 4.69) is 4.98 Å². The molecule has 5 nitrogen and oxygen atoms in total. The topological polar surface area (TPSA) is 59.5 Å². The van der Waals surface area contributed by atoms with E-state index in [1.54, 1.807) is 30.6 Å². The van der Waals surface area contributed by atoms with Gasteiger partial charge in [0.05, 0.1) is 24.2 Å². The minimum absolute atomic E-state index is 0.141. The van der Waals surface area contributed by atoms with Gasteiger partial charge in [0.25, 0.3) is 0 Å². The molecule has 0 radical (unpaired) electrons. The Morgan fingerprint density at radius 2 is 1.58 bits per heavy atom. The first-order valence-corrected chi connectivity index (χ1v) is 9.79. The standard InChI is InChI=1S/C20H18N2O3S/c23-26(24,22-14-19(15-22)25-18-7-4-12-21-13-18)20-10-8-17(9-11-20)16-5-2-1-3-6-16/h1-13,19H,14-15H2. The molecule has 2 heterocycles. The zero-order valence-corrected chi connectivity index (χ0v) is 14.8. The first kappa shape index (κ1) is 16.8. The maximum absolute atomic E-state index is 12.7. The number of benzene rings is 2. The Hall–Kier alpha value is -2.70. The summed E-state index contributed by atoms with van der Waals surface area (Å²) in [7, 11) is -3.49. The molecular formula is C20H18N2O3S. The monoisotopic (exact) mass is 366 g/mol. The fourth-order valence-corrected chi connectivity index (χ4v) is 4.38. The molecular weight excluding hydrogens is 348 g/mol. The van der Waals surface area contributed by atoms with E-state index in [9.17, 15) is 8.42 Å². The first-order chi connectivity index (χ1) is 12.6. The SMILES string of the molecule is O=S(=O)(c1ccc(-c2ccccc2)cc1)N1CC(Oc2cccnc2)C1. The second-order valence-electron chi connectivity index (χ2n) is 6.14. The average molecular weight is 366 g/mol. The summed E-state index contributed by atoms with van der Waals surface area (Å²) in [5.41, 5.74) is 2.05. The van der Waals surface area contributed by atoms with Crippen LogP contribution in [0.4, 0.5) is 0 Å². The summed E-state index contributed by atoms with van der Waals surface area (Å²) in [5.74, 6) is 0.654. The minimum atomic E-state index is -3.49. The van der Waals surface area contributed by atoms with Crippen molar-refractivity contribution in [3.05, 3.63) is 79.1 Å². The smallest absolute Gasteiger partial charge is 0.243 e. The lowest BCUT2D eigenvalue weighted by atomic mass is 10.1. The molecule has 1 saturated heterocycles. The van der Waals surface area contributed by atoms with E-state index in [0.717, 1.165) is 11.1 Å². The summed E-state index contributed by atoms with van der Waals surface area (Å²) in [4.78, 5) is 4.29. The van der Waals surface area contributed by atoms with E-state index in [0.29, 0.717) is 23.7 Å². The van der Waals surface area contributed by atoms with Crippen LogP contribution in [-0.4, -0.2) is 36.9 Å². The summed E-state index contributed by atoms with van der Waals surface area (Å²) < 4.78 is 32.6. The van der Waals surface area contributed by atoms with E-state index in [1.165, 1.54) is 4.31 Å². The van der Waals surface area contributed by atoms with Gasteiger partial charge >= 0.3 is 0 Å². The van der Waals surface area contributed by atoms with Crippen molar-refractivity contribution in [1.29, 1.82) is 0 Å². The van der Waals surface area contributed by atoms with Crippen LogP contribution in [0, 0.1) is 0 Å². The summed E-state index contributed by atoms with van der Waals surface area (Å²) in [6.45, 7) is 0.690. The third-order valence-corrected chi connectivity index (χ3v) is 6.20. The summed E-state index contributed by atoms with van der Waals surface area (Å²) in [6.07, 6.45) is 3.15. The number of pyridine rings is 1. The molecule has 26 heavy (non-hydrogen) atoms. The van der Waals surface area contributed by atoms with Gasteiger partial charge in [0, 0.05) is 6.20 Å². The molecule has 6 heteroatoms. The van der Waals surface area contributed by atoms with Gasteiger partial charge in [-0.3, -0.25) is 4.98 Å². The highest BCUT2D eigenvalue weighted by Gasteiger charge is 2.38. The van der Waals surface area contributed by atoms with E-state index >= 15 is 0 Å². The summed E-state index contributed by atoms with van der Waals surface area (Å²) in [6, 6.07) is 20.5. The predicted octanol–water partition coefficient (Wildman–Crippen LogP) is 3.20. The Morgan fingerprint density at radius 3 is 2.23 bits per heavy atom. The maximum Gasteiger partial charge on any atom is 0.243 e. The van der Waals surface area contributed by atoms with Gasteiger partial charge < -0.3 is 4.74 Å². The fraction of sp³-hybridized carbons (Fsp3) is 0.150. The van der Waals surface area contributed by atoms with Crippen molar-refractivity contribution in [2.45, 2.75) is 11.0 Å². The Bertz CT molecular complexity index is 969. The average Bonchev–Trinajstić information content (AvgIpc) is 2.66. The van der Waals surface area contributed by atoms with Crippen molar-refractivity contribution >= 4 is 10.0 Å². The van der Waals surface area contributed by atoms with Gasteiger partial charge in [0.15, 0.2) is 0 Å². The van der Waals surface area contributed by atoms with Crippen molar-refractivity contribution in [2.75, 3.05) is 13.1 Å². The third-order valence-electron chi connectivity index (χ3n) is 4.35. The molecule has 0 aliphatic carbocycles.